The zero-order valence-electron chi connectivity index (χ0n) is 17.9. The number of unbranched alkanes of at least 4 members (excludes halogenated alkanes) is 5. The lowest BCUT2D eigenvalue weighted by molar-refractivity contribution is 0.0935. The predicted octanol–water partition coefficient (Wildman–Crippen LogP) is 5.80. The number of carbonyl (C=O) groups excluding carboxylic acids is 1. The summed E-state index contributed by atoms with van der Waals surface area (Å²) >= 11 is 0. The summed E-state index contributed by atoms with van der Waals surface area (Å²) in [5, 5.41) is 11.4. The van der Waals surface area contributed by atoms with Crippen molar-refractivity contribution in [2.24, 2.45) is 0 Å². The maximum atomic E-state index is 10.9. The van der Waals surface area contributed by atoms with Crippen molar-refractivity contribution in [3.05, 3.63) is 65.9 Å². The average Bonchev–Trinajstić information content (AvgIpc) is 3.17. The SMILES string of the molecule is CCCCCCCCc1ccc(OCC(O)Cn2ccc3cc(C=O)ccc32)cc1. The Kier molecular flexibility index (Phi) is 8.52. The summed E-state index contributed by atoms with van der Waals surface area (Å²) in [7, 11) is 0. The summed E-state index contributed by atoms with van der Waals surface area (Å²) in [6.45, 7) is 2.93. The molecule has 1 aromatic heterocycles. The number of hydrogen-bond donors (Lipinski definition) is 1. The molecule has 160 valence electrons. The van der Waals surface area contributed by atoms with Gasteiger partial charge in [0, 0.05) is 22.7 Å². The lowest BCUT2D eigenvalue weighted by Gasteiger charge is -2.14. The van der Waals surface area contributed by atoms with E-state index in [2.05, 4.69) is 19.1 Å². The first-order chi connectivity index (χ1) is 14.7. The number of hydrogen-bond acceptors (Lipinski definition) is 3. The van der Waals surface area contributed by atoms with Gasteiger partial charge in [-0.15, -0.1) is 0 Å². The van der Waals surface area contributed by atoms with Gasteiger partial charge in [0.25, 0.3) is 0 Å². The van der Waals surface area contributed by atoms with Crippen LogP contribution >= 0.6 is 0 Å². The minimum absolute atomic E-state index is 0.239. The molecule has 0 aliphatic heterocycles. The number of ether oxygens (including phenoxy) is 1. The number of rotatable bonds is 13. The molecule has 4 nitrogen and oxygen atoms in total. The molecule has 0 saturated heterocycles. The topological polar surface area (TPSA) is 51.5 Å². The van der Waals surface area contributed by atoms with E-state index in [1.165, 1.54) is 44.1 Å². The van der Waals surface area contributed by atoms with Crippen LogP contribution in [0.1, 0.15) is 61.4 Å². The molecule has 2 aromatic carbocycles. The number of benzene rings is 2. The lowest BCUT2D eigenvalue weighted by Crippen LogP contribution is -2.23. The standard InChI is InChI=1S/C26H33NO3/c1-2-3-4-5-6-7-8-21-9-12-25(13-10-21)30-20-24(29)18-27-16-15-23-17-22(19-28)11-14-26(23)27/h9-17,19,24,29H,2-8,18,20H2,1H3. The molecule has 4 heteroatoms. The van der Waals surface area contributed by atoms with Crippen LogP contribution in [0.25, 0.3) is 10.9 Å². The van der Waals surface area contributed by atoms with E-state index in [9.17, 15) is 9.90 Å². The number of aryl methyl sites for hydroxylation is 1. The molecule has 0 amide bonds. The van der Waals surface area contributed by atoms with E-state index in [0.29, 0.717) is 12.1 Å². The summed E-state index contributed by atoms with van der Waals surface area (Å²) in [5.41, 5.74) is 3.00. The van der Waals surface area contributed by atoms with Crippen LogP contribution < -0.4 is 4.74 Å². The molecule has 3 rings (SSSR count). The van der Waals surface area contributed by atoms with Crippen LogP contribution in [0.5, 0.6) is 5.75 Å². The molecule has 1 N–H and O–H groups in total. The third kappa shape index (κ3) is 6.46. The molecule has 0 radical (unpaired) electrons. The van der Waals surface area contributed by atoms with Crippen LogP contribution in [-0.2, 0) is 13.0 Å². The van der Waals surface area contributed by atoms with E-state index in [1.54, 1.807) is 6.07 Å². The van der Waals surface area contributed by atoms with E-state index in [4.69, 9.17) is 4.74 Å². The summed E-state index contributed by atoms with van der Waals surface area (Å²) in [4.78, 5) is 10.9. The van der Waals surface area contributed by atoms with Gasteiger partial charge in [0.15, 0.2) is 0 Å². The van der Waals surface area contributed by atoms with Crippen molar-refractivity contribution in [3.63, 3.8) is 0 Å². The van der Waals surface area contributed by atoms with Gasteiger partial charge in [-0.2, -0.15) is 0 Å². The monoisotopic (exact) mass is 407 g/mol. The Morgan fingerprint density at radius 2 is 1.77 bits per heavy atom. The number of carbonyl (C=O) groups is 1. The van der Waals surface area contributed by atoms with E-state index >= 15 is 0 Å². The number of nitrogens with zero attached hydrogens (tertiary/aromatic N) is 1. The number of aldehydes is 1. The number of aromatic nitrogens is 1. The van der Waals surface area contributed by atoms with Crippen molar-refractivity contribution < 1.29 is 14.6 Å². The highest BCUT2D eigenvalue weighted by atomic mass is 16.5. The van der Waals surface area contributed by atoms with Crippen molar-refractivity contribution in [1.82, 2.24) is 4.57 Å². The number of aliphatic hydroxyl groups excluding tert-OH is 1. The fraction of sp³-hybridized carbons (Fsp3) is 0.423. The van der Waals surface area contributed by atoms with Crippen LogP contribution in [0.2, 0.25) is 0 Å². The van der Waals surface area contributed by atoms with E-state index < -0.39 is 6.10 Å². The maximum absolute atomic E-state index is 10.9. The third-order valence-electron chi connectivity index (χ3n) is 5.52. The van der Waals surface area contributed by atoms with E-state index in [0.717, 1.165) is 29.4 Å². The zero-order chi connectivity index (χ0) is 21.2. The first-order valence-corrected chi connectivity index (χ1v) is 11.1. The Labute approximate surface area is 179 Å². The maximum Gasteiger partial charge on any atom is 0.150 e. The van der Waals surface area contributed by atoms with Gasteiger partial charge in [-0.05, 0) is 54.8 Å². The van der Waals surface area contributed by atoms with Crippen LogP contribution in [-0.4, -0.2) is 28.7 Å². The highest BCUT2D eigenvalue weighted by Gasteiger charge is 2.09. The van der Waals surface area contributed by atoms with Gasteiger partial charge >= 0.3 is 0 Å². The molecule has 0 saturated carbocycles. The number of fused-ring (bicyclic) bond motifs is 1. The molecule has 0 fully saturated rings. The Hall–Kier alpha value is -2.59. The quantitative estimate of drug-likeness (QED) is 0.288. The zero-order valence-corrected chi connectivity index (χ0v) is 17.9. The molecule has 3 aromatic rings. The van der Waals surface area contributed by atoms with E-state index in [-0.39, 0.29) is 6.61 Å². The molecule has 30 heavy (non-hydrogen) atoms. The summed E-state index contributed by atoms with van der Waals surface area (Å²) < 4.78 is 7.77. The second kappa shape index (κ2) is 11.6. The second-order valence-corrected chi connectivity index (χ2v) is 8.03. The average molecular weight is 408 g/mol. The van der Waals surface area contributed by atoms with Crippen LogP contribution in [0.15, 0.2) is 54.7 Å². The second-order valence-electron chi connectivity index (χ2n) is 8.03. The van der Waals surface area contributed by atoms with Gasteiger partial charge in [0.1, 0.15) is 24.7 Å². The van der Waals surface area contributed by atoms with Gasteiger partial charge in [-0.25, -0.2) is 0 Å². The molecule has 1 unspecified atom stereocenters. The fourth-order valence-corrected chi connectivity index (χ4v) is 3.79. The molecule has 1 heterocycles. The first-order valence-electron chi connectivity index (χ1n) is 11.1. The Balaban J connectivity index is 1.42. The molecular formula is C26H33NO3. The first kappa shape index (κ1) is 22.1. The Morgan fingerprint density at radius 1 is 1.00 bits per heavy atom. The largest absolute Gasteiger partial charge is 0.491 e. The van der Waals surface area contributed by atoms with Crippen molar-refractivity contribution >= 4 is 17.2 Å². The van der Waals surface area contributed by atoms with Gasteiger partial charge in [0.2, 0.25) is 0 Å². The fourth-order valence-electron chi connectivity index (χ4n) is 3.79. The third-order valence-corrected chi connectivity index (χ3v) is 5.52. The summed E-state index contributed by atoms with van der Waals surface area (Å²) in [5.74, 6) is 0.786. The molecular weight excluding hydrogens is 374 g/mol. The minimum Gasteiger partial charge on any atom is -0.491 e. The van der Waals surface area contributed by atoms with Gasteiger partial charge in [-0.1, -0.05) is 51.2 Å². The summed E-state index contributed by atoms with van der Waals surface area (Å²) in [6, 6.07) is 15.7. The highest BCUT2D eigenvalue weighted by Crippen LogP contribution is 2.19. The molecule has 0 aliphatic carbocycles. The van der Waals surface area contributed by atoms with Crippen LogP contribution in [0.3, 0.4) is 0 Å². The van der Waals surface area contributed by atoms with Crippen molar-refractivity contribution in [3.8, 4) is 5.75 Å². The predicted molar refractivity (Wildman–Crippen MR) is 122 cm³/mol. The van der Waals surface area contributed by atoms with Gasteiger partial charge < -0.3 is 14.4 Å². The normalized spacial score (nSPS) is 12.2. The van der Waals surface area contributed by atoms with Crippen molar-refractivity contribution in [2.75, 3.05) is 6.61 Å². The molecule has 1 atom stereocenters. The minimum atomic E-state index is -0.617. The van der Waals surface area contributed by atoms with Crippen molar-refractivity contribution in [2.45, 2.75) is 64.5 Å². The van der Waals surface area contributed by atoms with Crippen LogP contribution in [0, 0.1) is 0 Å². The number of aliphatic hydroxyl groups is 1. The molecule has 0 spiro atoms. The van der Waals surface area contributed by atoms with Crippen LogP contribution in [0.4, 0.5) is 0 Å². The molecule has 0 bridgehead atoms. The lowest BCUT2D eigenvalue weighted by atomic mass is 10.0. The van der Waals surface area contributed by atoms with Gasteiger partial charge in [-0.3, -0.25) is 4.79 Å². The van der Waals surface area contributed by atoms with Crippen molar-refractivity contribution in [1.29, 1.82) is 0 Å². The summed E-state index contributed by atoms with van der Waals surface area (Å²) in [6.07, 6.45) is 11.1. The Morgan fingerprint density at radius 3 is 2.53 bits per heavy atom. The molecule has 0 aliphatic rings. The van der Waals surface area contributed by atoms with Gasteiger partial charge in [0.05, 0.1) is 6.54 Å². The highest BCUT2D eigenvalue weighted by molar-refractivity contribution is 5.87. The van der Waals surface area contributed by atoms with E-state index in [1.807, 2.05) is 41.1 Å². The smallest absolute Gasteiger partial charge is 0.150 e. The Bertz CT molecular complexity index is 914.